The average Bonchev–Trinajstić information content (AvgIpc) is 1.66. The first kappa shape index (κ1) is 16.9. The molecule has 0 aliphatic rings. The van der Waals surface area contributed by atoms with E-state index in [1.807, 2.05) is 0 Å². The number of hydrogen-bond acceptors (Lipinski definition) is 1. The molecular formula is C7H19Cl2N. The van der Waals surface area contributed by atoms with Gasteiger partial charge >= 0.3 is 0 Å². The highest BCUT2D eigenvalue weighted by molar-refractivity contribution is 5.85. The largest absolute Gasteiger partial charge is 0.328 e. The lowest BCUT2D eigenvalue weighted by Crippen LogP contribution is -2.13. The molecule has 1 unspecified atom stereocenters. The Hall–Kier alpha value is 0.540. The third kappa shape index (κ3) is 15.8. The molecule has 0 rings (SSSR count). The van der Waals surface area contributed by atoms with Crippen molar-refractivity contribution in [3.8, 4) is 0 Å². The maximum atomic E-state index is 5.53. The van der Waals surface area contributed by atoms with Crippen LogP contribution in [-0.2, 0) is 0 Å². The molecule has 0 aromatic carbocycles. The zero-order chi connectivity index (χ0) is 6.41. The smallest absolute Gasteiger partial charge is 0.00104 e. The lowest BCUT2D eigenvalue weighted by atomic mass is 10.1. The molecule has 66 valence electrons. The summed E-state index contributed by atoms with van der Waals surface area (Å²) in [6.07, 6.45) is 5.12. The Kier molecular flexibility index (Phi) is 20.6. The second-order valence-corrected chi connectivity index (χ2v) is 2.47. The van der Waals surface area contributed by atoms with Crippen LogP contribution in [0.2, 0.25) is 0 Å². The topological polar surface area (TPSA) is 26.0 Å². The van der Waals surface area contributed by atoms with Crippen LogP contribution in [0.1, 0.15) is 39.5 Å². The van der Waals surface area contributed by atoms with Crippen LogP contribution in [-0.4, -0.2) is 6.04 Å². The molecule has 0 heterocycles. The van der Waals surface area contributed by atoms with Crippen molar-refractivity contribution in [2.75, 3.05) is 0 Å². The van der Waals surface area contributed by atoms with E-state index >= 15 is 0 Å². The molecule has 10 heavy (non-hydrogen) atoms. The highest BCUT2D eigenvalue weighted by atomic mass is 35.5. The summed E-state index contributed by atoms with van der Waals surface area (Å²) in [5, 5.41) is 0. The van der Waals surface area contributed by atoms with Gasteiger partial charge < -0.3 is 5.73 Å². The summed E-state index contributed by atoms with van der Waals surface area (Å²) in [4.78, 5) is 0. The van der Waals surface area contributed by atoms with Gasteiger partial charge in [-0.1, -0.05) is 26.2 Å². The van der Waals surface area contributed by atoms with Gasteiger partial charge in [-0.05, 0) is 13.3 Å². The van der Waals surface area contributed by atoms with Gasteiger partial charge in [-0.3, -0.25) is 0 Å². The number of rotatable bonds is 4. The average molecular weight is 188 g/mol. The standard InChI is InChI=1S/C7H17N.2ClH/c1-3-4-5-6-7(2)8;;/h7H,3-6,8H2,1-2H3;2*1H. The molecule has 0 amide bonds. The third-order valence-corrected chi connectivity index (χ3v) is 1.26. The van der Waals surface area contributed by atoms with E-state index in [-0.39, 0.29) is 24.8 Å². The third-order valence-electron chi connectivity index (χ3n) is 1.26. The quantitative estimate of drug-likeness (QED) is 0.674. The summed E-state index contributed by atoms with van der Waals surface area (Å²) in [6, 6.07) is 0.404. The lowest BCUT2D eigenvalue weighted by molar-refractivity contribution is 0.592. The van der Waals surface area contributed by atoms with Crippen molar-refractivity contribution in [2.24, 2.45) is 5.73 Å². The molecule has 0 radical (unpaired) electrons. The Bertz CT molecular complexity index is 48.9. The molecule has 0 aromatic rings. The van der Waals surface area contributed by atoms with E-state index in [0.717, 1.165) is 0 Å². The highest BCUT2D eigenvalue weighted by Gasteiger charge is 1.90. The van der Waals surface area contributed by atoms with Crippen molar-refractivity contribution in [3.63, 3.8) is 0 Å². The van der Waals surface area contributed by atoms with Gasteiger partial charge in [-0.25, -0.2) is 0 Å². The van der Waals surface area contributed by atoms with Crippen LogP contribution in [0, 0.1) is 0 Å². The molecule has 0 fully saturated rings. The predicted octanol–water partition coefficient (Wildman–Crippen LogP) is 2.76. The molecular weight excluding hydrogens is 169 g/mol. The maximum Gasteiger partial charge on any atom is 0.00104 e. The van der Waals surface area contributed by atoms with E-state index in [0.29, 0.717) is 6.04 Å². The van der Waals surface area contributed by atoms with Crippen molar-refractivity contribution >= 4 is 24.8 Å². The van der Waals surface area contributed by atoms with Crippen LogP contribution in [0.5, 0.6) is 0 Å². The van der Waals surface area contributed by atoms with Gasteiger partial charge in [0.2, 0.25) is 0 Å². The van der Waals surface area contributed by atoms with E-state index in [4.69, 9.17) is 5.73 Å². The van der Waals surface area contributed by atoms with Crippen LogP contribution in [0.3, 0.4) is 0 Å². The van der Waals surface area contributed by atoms with E-state index in [1.165, 1.54) is 25.7 Å². The maximum absolute atomic E-state index is 5.53. The minimum absolute atomic E-state index is 0. The van der Waals surface area contributed by atoms with Crippen molar-refractivity contribution in [1.29, 1.82) is 0 Å². The Balaban J connectivity index is -0.000000245. The van der Waals surface area contributed by atoms with Gasteiger partial charge in [0.15, 0.2) is 0 Å². The van der Waals surface area contributed by atoms with Gasteiger partial charge in [-0.2, -0.15) is 0 Å². The van der Waals surface area contributed by atoms with E-state index in [2.05, 4.69) is 13.8 Å². The van der Waals surface area contributed by atoms with E-state index < -0.39 is 0 Å². The number of hydrogen-bond donors (Lipinski definition) is 1. The Morgan fingerprint density at radius 2 is 1.70 bits per heavy atom. The van der Waals surface area contributed by atoms with E-state index in [9.17, 15) is 0 Å². The molecule has 0 aliphatic carbocycles. The van der Waals surface area contributed by atoms with Crippen LogP contribution < -0.4 is 5.73 Å². The molecule has 2 N–H and O–H groups in total. The van der Waals surface area contributed by atoms with Gasteiger partial charge in [0, 0.05) is 6.04 Å². The van der Waals surface area contributed by atoms with Crippen LogP contribution in [0.4, 0.5) is 0 Å². The Labute approximate surface area is 76.6 Å². The monoisotopic (exact) mass is 187 g/mol. The fourth-order valence-electron chi connectivity index (χ4n) is 0.716. The Morgan fingerprint density at radius 1 is 1.20 bits per heavy atom. The number of unbranched alkanes of at least 4 members (excludes halogenated alkanes) is 2. The van der Waals surface area contributed by atoms with Gasteiger partial charge in [0.1, 0.15) is 0 Å². The minimum atomic E-state index is 0. The molecule has 0 aromatic heterocycles. The molecule has 3 heteroatoms. The Morgan fingerprint density at radius 3 is 2.00 bits per heavy atom. The van der Waals surface area contributed by atoms with Gasteiger partial charge in [-0.15, -0.1) is 24.8 Å². The fraction of sp³-hybridized carbons (Fsp3) is 1.00. The van der Waals surface area contributed by atoms with Crippen molar-refractivity contribution < 1.29 is 0 Å². The van der Waals surface area contributed by atoms with E-state index in [1.54, 1.807) is 0 Å². The van der Waals surface area contributed by atoms with Crippen LogP contribution in [0.15, 0.2) is 0 Å². The number of halogens is 2. The molecule has 0 saturated heterocycles. The summed E-state index contributed by atoms with van der Waals surface area (Å²) >= 11 is 0. The van der Waals surface area contributed by atoms with Gasteiger partial charge in [0.25, 0.3) is 0 Å². The summed E-state index contributed by atoms with van der Waals surface area (Å²) in [6.45, 7) is 4.27. The molecule has 0 bridgehead atoms. The minimum Gasteiger partial charge on any atom is -0.328 e. The highest BCUT2D eigenvalue weighted by Crippen LogP contribution is 1.99. The molecule has 0 spiro atoms. The summed E-state index contributed by atoms with van der Waals surface area (Å²) in [5.41, 5.74) is 5.53. The molecule has 0 saturated carbocycles. The second kappa shape index (κ2) is 12.2. The molecule has 1 atom stereocenters. The van der Waals surface area contributed by atoms with Crippen molar-refractivity contribution in [2.45, 2.75) is 45.6 Å². The van der Waals surface area contributed by atoms with Crippen LogP contribution in [0.25, 0.3) is 0 Å². The zero-order valence-electron chi connectivity index (χ0n) is 6.80. The summed E-state index contributed by atoms with van der Waals surface area (Å²) < 4.78 is 0. The molecule has 0 aliphatic heterocycles. The second-order valence-electron chi connectivity index (χ2n) is 2.47. The van der Waals surface area contributed by atoms with Crippen molar-refractivity contribution in [1.82, 2.24) is 0 Å². The number of nitrogens with two attached hydrogens (primary N) is 1. The molecule has 1 nitrogen and oxygen atoms in total. The SMILES string of the molecule is CCCCCC(C)N.Cl.Cl. The zero-order valence-corrected chi connectivity index (χ0v) is 8.43. The first-order valence-corrected chi connectivity index (χ1v) is 3.53. The predicted molar refractivity (Wildman–Crippen MR) is 52.3 cm³/mol. The summed E-state index contributed by atoms with van der Waals surface area (Å²) in [7, 11) is 0. The first-order valence-electron chi connectivity index (χ1n) is 3.53. The van der Waals surface area contributed by atoms with Gasteiger partial charge in [0.05, 0.1) is 0 Å². The van der Waals surface area contributed by atoms with Crippen molar-refractivity contribution in [3.05, 3.63) is 0 Å². The lowest BCUT2D eigenvalue weighted by Gasteiger charge is -2.01. The summed E-state index contributed by atoms with van der Waals surface area (Å²) in [5.74, 6) is 0. The first-order chi connectivity index (χ1) is 3.77. The normalized spacial score (nSPS) is 11.1. The fourth-order valence-corrected chi connectivity index (χ4v) is 0.716. The van der Waals surface area contributed by atoms with Crippen LogP contribution >= 0.6 is 24.8 Å².